The topological polar surface area (TPSA) is 35.6 Å². The highest BCUT2D eigenvalue weighted by Crippen LogP contribution is 2.40. The van der Waals surface area contributed by atoms with Gasteiger partial charge in [0.05, 0.1) is 13.2 Å². The average molecular weight is 427 g/mol. The van der Waals surface area contributed by atoms with Crippen molar-refractivity contribution in [2.45, 2.75) is 20.3 Å². The van der Waals surface area contributed by atoms with Gasteiger partial charge in [-0.05, 0) is 36.6 Å². The molecule has 29 heavy (non-hydrogen) atoms. The van der Waals surface area contributed by atoms with Gasteiger partial charge in [-0.1, -0.05) is 60.5 Å². The molecule has 0 unspecified atom stereocenters. The first kappa shape index (κ1) is 21.0. The number of esters is 1. The first-order valence-corrected chi connectivity index (χ1v) is 10.00. The maximum absolute atomic E-state index is 12.6. The highest BCUT2D eigenvalue weighted by Gasteiger charge is 2.26. The van der Waals surface area contributed by atoms with Gasteiger partial charge in [0.2, 0.25) is 5.69 Å². The van der Waals surface area contributed by atoms with E-state index in [0.29, 0.717) is 33.4 Å². The molecule has 0 spiro atoms. The lowest BCUT2D eigenvalue weighted by Crippen LogP contribution is -2.12. The molecular weight excluding hydrogens is 407 g/mol. The number of carbonyl (C=O) groups is 1. The Bertz CT molecular complexity index is 1110. The smallest absolute Gasteiger partial charge is 0.354 e. The Labute approximate surface area is 180 Å². The summed E-state index contributed by atoms with van der Waals surface area (Å²) >= 11 is 12.3. The second-order valence-corrected chi connectivity index (χ2v) is 7.31. The third kappa shape index (κ3) is 3.89. The number of nitrogens with zero attached hydrogens (tertiary/aromatic N) is 2. The molecule has 0 saturated heterocycles. The Morgan fingerprint density at radius 1 is 1.10 bits per heavy atom. The lowest BCUT2D eigenvalue weighted by atomic mass is 9.99. The van der Waals surface area contributed by atoms with E-state index in [1.165, 1.54) is 0 Å². The Hall–Kier alpha value is -2.74. The predicted molar refractivity (Wildman–Crippen MR) is 118 cm³/mol. The van der Waals surface area contributed by atoms with Crippen LogP contribution in [-0.2, 0) is 18.2 Å². The summed E-state index contributed by atoms with van der Waals surface area (Å²) in [6, 6.07) is 13.0. The van der Waals surface area contributed by atoms with E-state index < -0.39 is 5.97 Å². The number of benzene rings is 2. The lowest BCUT2D eigenvalue weighted by Gasteiger charge is -2.10. The lowest BCUT2D eigenvalue weighted by molar-refractivity contribution is 0.0516. The Morgan fingerprint density at radius 2 is 1.76 bits per heavy atom. The first-order chi connectivity index (χ1) is 13.9. The minimum absolute atomic E-state index is 0.270. The van der Waals surface area contributed by atoms with E-state index in [-0.39, 0.29) is 6.61 Å². The number of rotatable bonds is 5. The fraction of sp³-hybridized carbons (Fsp3) is 0.217. The van der Waals surface area contributed by atoms with Gasteiger partial charge in [0.25, 0.3) is 0 Å². The minimum Gasteiger partial charge on any atom is -0.461 e. The summed E-state index contributed by atoms with van der Waals surface area (Å²) in [5.74, 6) is -0.431. The van der Waals surface area contributed by atoms with Crippen molar-refractivity contribution in [2.75, 3.05) is 6.61 Å². The van der Waals surface area contributed by atoms with Crippen molar-refractivity contribution in [3.8, 4) is 22.3 Å². The molecule has 148 valence electrons. The van der Waals surface area contributed by atoms with Gasteiger partial charge >= 0.3 is 5.97 Å². The second kappa shape index (κ2) is 8.73. The molecule has 0 aliphatic rings. The molecule has 0 aliphatic heterocycles. The summed E-state index contributed by atoms with van der Waals surface area (Å²) in [6.07, 6.45) is 0.638. The molecule has 0 N–H and O–H groups in total. The average Bonchev–Trinajstić information content (AvgIpc) is 2.99. The van der Waals surface area contributed by atoms with Crippen molar-refractivity contribution in [2.24, 2.45) is 7.05 Å². The van der Waals surface area contributed by atoms with E-state index in [1.54, 1.807) is 30.7 Å². The quantitative estimate of drug-likeness (QED) is 0.326. The molecule has 0 amide bonds. The van der Waals surface area contributed by atoms with Gasteiger partial charge < -0.3 is 9.30 Å². The Kier molecular flexibility index (Phi) is 6.32. The third-order valence-electron chi connectivity index (χ3n) is 4.82. The maximum Gasteiger partial charge on any atom is 0.354 e. The van der Waals surface area contributed by atoms with Crippen molar-refractivity contribution in [1.82, 2.24) is 4.57 Å². The fourth-order valence-corrected chi connectivity index (χ4v) is 4.01. The zero-order valence-electron chi connectivity index (χ0n) is 16.4. The van der Waals surface area contributed by atoms with Crippen molar-refractivity contribution >= 4 is 34.9 Å². The van der Waals surface area contributed by atoms with E-state index in [2.05, 4.69) is 4.85 Å². The summed E-state index contributed by atoms with van der Waals surface area (Å²) in [5.41, 5.74) is 4.85. The molecule has 0 fully saturated rings. The van der Waals surface area contributed by atoms with Crippen molar-refractivity contribution in [3.63, 3.8) is 0 Å². The molecule has 0 radical (unpaired) electrons. The van der Waals surface area contributed by atoms with Crippen molar-refractivity contribution in [3.05, 3.63) is 75.3 Å². The van der Waals surface area contributed by atoms with Gasteiger partial charge in [-0.2, -0.15) is 0 Å². The predicted octanol–water partition coefficient (Wildman–Crippen LogP) is 6.96. The zero-order valence-corrected chi connectivity index (χ0v) is 17.9. The minimum atomic E-state index is -0.431. The molecule has 1 heterocycles. The summed E-state index contributed by atoms with van der Waals surface area (Å²) < 4.78 is 7.02. The molecule has 3 rings (SSSR count). The highest BCUT2D eigenvalue weighted by molar-refractivity contribution is 6.36. The van der Waals surface area contributed by atoms with E-state index in [1.807, 2.05) is 37.3 Å². The van der Waals surface area contributed by atoms with E-state index >= 15 is 0 Å². The van der Waals surface area contributed by atoms with Crippen LogP contribution in [0.4, 0.5) is 5.69 Å². The standard InChI is InChI=1S/C23H20Cl2N2O2/c1-5-19-21(26-3)20(22(27(19)4)23(28)29-6-2)15-9-7-14(8-10-15)17-12-11-16(24)13-18(17)25/h7-13H,5-6H2,1-2,4H3. The Morgan fingerprint density at radius 3 is 2.31 bits per heavy atom. The van der Waals surface area contributed by atoms with E-state index in [4.69, 9.17) is 34.5 Å². The van der Waals surface area contributed by atoms with Crippen LogP contribution in [-0.4, -0.2) is 17.1 Å². The van der Waals surface area contributed by atoms with Crippen LogP contribution in [0, 0.1) is 6.57 Å². The molecule has 6 heteroatoms. The summed E-state index contributed by atoms with van der Waals surface area (Å²) in [6.45, 7) is 11.7. The van der Waals surface area contributed by atoms with Crippen LogP contribution in [0.25, 0.3) is 27.1 Å². The third-order valence-corrected chi connectivity index (χ3v) is 5.37. The first-order valence-electron chi connectivity index (χ1n) is 9.24. The van der Waals surface area contributed by atoms with Crippen LogP contribution in [0.1, 0.15) is 30.0 Å². The fourth-order valence-electron chi connectivity index (χ4n) is 3.49. The number of halogens is 2. The van der Waals surface area contributed by atoms with Crippen LogP contribution in [0.2, 0.25) is 10.0 Å². The zero-order chi connectivity index (χ0) is 21.1. The molecule has 3 aromatic rings. The number of aromatic nitrogens is 1. The van der Waals surface area contributed by atoms with E-state index in [9.17, 15) is 4.79 Å². The van der Waals surface area contributed by atoms with Crippen LogP contribution in [0.3, 0.4) is 0 Å². The number of hydrogen-bond acceptors (Lipinski definition) is 2. The molecule has 0 saturated carbocycles. The maximum atomic E-state index is 12.6. The Balaban J connectivity index is 2.15. The molecular formula is C23H20Cl2N2O2. The monoisotopic (exact) mass is 426 g/mol. The van der Waals surface area contributed by atoms with Gasteiger partial charge in [-0.15, -0.1) is 0 Å². The number of hydrogen-bond donors (Lipinski definition) is 0. The van der Waals surface area contributed by atoms with Gasteiger partial charge in [0.15, 0.2) is 0 Å². The van der Waals surface area contributed by atoms with Crippen LogP contribution < -0.4 is 0 Å². The second-order valence-electron chi connectivity index (χ2n) is 6.47. The van der Waals surface area contributed by atoms with Gasteiger partial charge in [-0.25, -0.2) is 9.64 Å². The summed E-state index contributed by atoms with van der Waals surface area (Å²) in [5, 5.41) is 1.14. The largest absolute Gasteiger partial charge is 0.461 e. The van der Waals surface area contributed by atoms with Gasteiger partial charge in [0, 0.05) is 33.9 Å². The van der Waals surface area contributed by atoms with Gasteiger partial charge in [0.1, 0.15) is 5.69 Å². The van der Waals surface area contributed by atoms with Crippen LogP contribution in [0.15, 0.2) is 42.5 Å². The highest BCUT2D eigenvalue weighted by atomic mass is 35.5. The molecule has 0 bridgehead atoms. The van der Waals surface area contributed by atoms with Crippen LogP contribution in [0.5, 0.6) is 0 Å². The molecule has 2 aromatic carbocycles. The van der Waals surface area contributed by atoms with Crippen molar-refractivity contribution in [1.29, 1.82) is 0 Å². The number of carbonyl (C=O) groups excluding carboxylic acids is 1. The molecule has 0 aliphatic carbocycles. The molecule has 4 nitrogen and oxygen atoms in total. The molecule has 0 atom stereocenters. The van der Waals surface area contributed by atoms with Crippen molar-refractivity contribution < 1.29 is 9.53 Å². The summed E-state index contributed by atoms with van der Waals surface area (Å²) in [4.78, 5) is 16.4. The molecule has 1 aromatic heterocycles. The van der Waals surface area contributed by atoms with Gasteiger partial charge in [-0.3, -0.25) is 0 Å². The van der Waals surface area contributed by atoms with E-state index in [0.717, 1.165) is 22.4 Å². The summed E-state index contributed by atoms with van der Waals surface area (Å²) in [7, 11) is 1.80. The SMILES string of the molecule is [C-]#[N+]c1c(-c2ccc(-c3ccc(Cl)cc3Cl)cc2)c(C(=O)OCC)n(C)c1CC. The normalized spacial score (nSPS) is 10.6. The number of ether oxygens (including phenoxy) is 1. The van der Waals surface area contributed by atoms with Crippen LogP contribution >= 0.6 is 23.2 Å².